The van der Waals surface area contributed by atoms with Crippen molar-refractivity contribution in [3.63, 3.8) is 0 Å². The zero-order valence-corrected chi connectivity index (χ0v) is 17.4. The first-order chi connectivity index (χ1) is 12.7. The van der Waals surface area contributed by atoms with E-state index < -0.39 is 0 Å². The standard InChI is InChI=1S/C22H42N2O2/c1-3-5-7-9-11-14-18-23-22(26)20-16-13-15-19-24(20)21(25)17-12-10-8-6-4-2/h20H,3-19H2,1-2H3,(H,23,26). The number of nitrogens with one attached hydrogen (secondary N) is 1. The van der Waals surface area contributed by atoms with Crippen LogP contribution in [0.1, 0.15) is 110 Å². The minimum Gasteiger partial charge on any atom is -0.354 e. The summed E-state index contributed by atoms with van der Waals surface area (Å²) in [6.07, 6.45) is 16.7. The molecule has 0 radical (unpaired) electrons. The Kier molecular flexibility index (Phi) is 13.3. The molecule has 0 saturated carbocycles. The Morgan fingerprint density at radius 1 is 0.846 bits per heavy atom. The first-order valence-electron chi connectivity index (χ1n) is 11.3. The first kappa shape index (κ1) is 23.0. The summed E-state index contributed by atoms with van der Waals surface area (Å²) in [5.41, 5.74) is 0. The zero-order chi connectivity index (χ0) is 19.0. The molecule has 1 aliphatic heterocycles. The number of carbonyl (C=O) groups is 2. The van der Waals surface area contributed by atoms with Gasteiger partial charge in [-0.15, -0.1) is 0 Å². The van der Waals surface area contributed by atoms with Gasteiger partial charge in [0.05, 0.1) is 0 Å². The SMILES string of the molecule is CCCCCCCCNC(=O)C1CCCCN1C(=O)CCCCCCC. The van der Waals surface area contributed by atoms with E-state index in [-0.39, 0.29) is 17.9 Å². The highest BCUT2D eigenvalue weighted by Crippen LogP contribution is 2.19. The van der Waals surface area contributed by atoms with Gasteiger partial charge in [0.2, 0.25) is 11.8 Å². The van der Waals surface area contributed by atoms with Gasteiger partial charge in [0.25, 0.3) is 0 Å². The van der Waals surface area contributed by atoms with E-state index in [9.17, 15) is 9.59 Å². The fraction of sp³-hybridized carbons (Fsp3) is 0.909. The lowest BCUT2D eigenvalue weighted by Crippen LogP contribution is -2.52. The summed E-state index contributed by atoms with van der Waals surface area (Å²) in [5.74, 6) is 0.249. The predicted octanol–water partition coefficient (Wildman–Crippen LogP) is 5.20. The molecule has 1 aliphatic rings. The highest BCUT2D eigenvalue weighted by Gasteiger charge is 2.31. The summed E-state index contributed by atoms with van der Waals surface area (Å²) in [4.78, 5) is 27.0. The molecule has 1 fully saturated rings. The van der Waals surface area contributed by atoms with E-state index in [1.54, 1.807) is 0 Å². The molecule has 1 rings (SSSR count). The normalized spacial score (nSPS) is 17.3. The summed E-state index contributed by atoms with van der Waals surface area (Å²) in [5, 5.41) is 3.08. The summed E-state index contributed by atoms with van der Waals surface area (Å²) in [6.45, 7) is 5.93. The smallest absolute Gasteiger partial charge is 0.242 e. The second-order valence-corrected chi connectivity index (χ2v) is 7.82. The Hall–Kier alpha value is -1.06. The molecular formula is C22H42N2O2. The quantitative estimate of drug-likeness (QED) is 0.429. The Morgan fingerprint density at radius 3 is 2.15 bits per heavy atom. The van der Waals surface area contributed by atoms with E-state index in [4.69, 9.17) is 0 Å². The number of unbranched alkanes of at least 4 members (excludes halogenated alkanes) is 9. The molecule has 1 N–H and O–H groups in total. The Labute approximate surface area is 161 Å². The summed E-state index contributed by atoms with van der Waals surface area (Å²) < 4.78 is 0. The van der Waals surface area contributed by atoms with E-state index in [1.807, 2.05) is 4.90 Å². The molecule has 152 valence electrons. The fourth-order valence-corrected chi connectivity index (χ4v) is 3.76. The number of likely N-dealkylation sites (tertiary alicyclic amines) is 1. The number of hydrogen-bond donors (Lipinski definition) is 1. The van der Waals surface area contributed by atoms with Crippen LogP contribution < -0.4 is 5.32 Å². The number of carbonyl (C=O) groups excluding carboxylic acids is 2. The van der Waals surface area contributed by atoms with Gasteiger partial charge in [0.15, 0.2) is 0 Å². The molecule has 26 heavy (non-hydrogen) atoms. The number of hydrogen-bond acceptors (Lipinski definition) is 2. The van der Waals surface area contributed by atoms with Gasteiger partial charge >= 0.3 is 0 Å². The Balaban J connectivity index is 2.27. The van der Waals surface area contributed by atoms with Crippen molar-refractivity contribution in [3.05, 3.63) is 0 Å². The molecule has 1 atom stereocenters. The monoisotopic (exact) mass is 366 g/mol. The molecule has 0 aliphatic carbocycles. The fourth-order valence-electron chi connectivity index (χ4n) is 3.76. The maximum absolute atomic E-state index is 12.6. The van der Waals surface area contributed by atoms with Crippen LogP contribution in [0.25, 0.3) is 0 Å². The molecule has 0 aromatic rings. The lowest BCUT2D eigenvalue weighted by Gasteiger charge is -2.35. The summed E-state index contributed by atoms with van der Waals surface area (Å²) in [7, 11) is 0. The van der Waals surface area contributed by atoms with Crippen LogP contribution in [0.15, 0.2) is 0 Å². The largest absolute Gasteiger partial charge is 0.354 e. The lowest BCUT2D eigenvalue weighted by molar-refractivity contribution is -0.142. The molecule has 0 aromatic heterocycles. The van der Waals surface area contributed by atoms with Crippen molar-refractivity contribution in [2.24, 2.45) is 0 Å². The van der Waals surface area contributed by atoms with Gasteiger partial charge in [-0.25, -0.2) is 0 Å². The second-order valence-electron chi connectivity index (χ2n) is 7.82. The van der Waals surface area contributed by atoms with Gasteiger partial charge in [0, 0.05) is 19.5 Å². The van der Waals surface area contributed by atoms with Gasteiger partial charge in [0.1, 0.15) is 6.04 Å². The van der Waals surface area contributed by atoms with Crippen LogP contribution in [0.3, 0.4) is 0 Å². The van der Waals surface area contributed by atoms with E-state index >= 15 is 0 Å². The Bertz CT molecular complexity index is 384. The van der Waals surface area contributed by atoms with Crippen molar-refractivity contribution in [2.45, 2.75) is 116 Å². The first-order valence-corrected chi connectivity index (χ1v) is 11.3. The van der Waals surface area contributed by atoms with Crippen LogP contribution in [0.5, 0.6) is 0 Å². The van der Waals surface area contributed by atoms with Crippen LogP contribution in [0.4, 0.5) is 0 Å². The van der Waals surface area contributed by atoms with Crippen LogP contribution >= 0.6 is 0 Å². The van der Waals surface area contributed by atoms with E-state index in [2.05, 4.69) is 19.2 Å². The van der Waals surface area contributed by atoms with Gasteiger partial charge in [-0.2, -0.15) is 0 Å². The highest BCUT2D eigenvalue weighted by molar-refractivity contribution is 5.87. The van der Waals surface area contributed by atoms with Crippen molar-refractivity contribution in [1.29, 1.82) is 0 Å². The molecule has 0 bridgehead atoms. The van der Waals surface area contributed by atoms with Gasteiger partial charge in [-0.1, -0.05) is 71.6 Å². The molecule has 4 nitrogen and oxygen atoms in total. The van der Waals surface area contributed by atoms with Crippen molar-refractivity contribution < 1.29 is 9.59 Å². The topological polar surface area (TPSA) is 49.4 Å². The third-order valence-electron chi connectivity index (χ3n) is 5.45. The van der Waals surface area contributed by atoms with Crippen molar-refractivity contribution in [2.75, 3.05) is 13.1 Å². The molecule has 1 unspecified atom stereocenters. The van der Waals surface area contributed by atoms with Crippen LogP contribution in [0.2, 0.25) is 0 Å². The zero-order valence-electron chi connectivity index (χ0n) is 17.4. The van der Waals surface area contributed by atoms with Crippen molar-refractivity contribution in [3.8, 4) is 0 Å². The number of piperidine rings is 1. The average molecular weight is 367 g/mol. The van der Waals surface area contributed by atoms with Gasteiger partial charge < -0.3 is 10.2 Å². The minimum atomic E-state index is -0.230. The molecule has 4 heteroatoms. The molecule has 1 saturated heterocycles. The Morgan fingerprint density at radius 2 is 1.46 bits per heavy atom. The van der Waals surface area contributed by atoms with Crippen molar-refractivity contribution >= 4 is 11.8 Å². The lowest BCUT2D eigenvalue weighted by atomic mass is 10.00. The highest BCUT2D eigenvalue weighted by atomic mass is 16.2. The van der Waals surface area contributed by atoms with E-state index in [0.29, 0.717) is 6.42 Å². The third kappa shape index (κ3) is 9.59. The predicted molar refractivity (Wildman–Crippen MR) is 109 cm³/mol. The van der Waals surface area contributed by atoms with Gasteiger partial charge in [-0.05, 0) is 32.1 Å². The molecule has 1 heterocycles. The summed E-state index contributed by atoms with van der Waals surface area (Å²) >= 11 is 0. The molecule has 0 aromatic carbocycles. The maximum atomic E-state index is 12.6. The number of nitrogens with zero attached hydrogens (tertiary/aromatic N) is 1. The maximum Gasteiger partial charge on any atom is 0.242 e. The number of amides is 2. The molecule has 2 amide bonds. The van der Waals surface area contributed by atoms with Crippen LogP contribution in [-0.4, -0.2) is 35.8 Å². The van der Waals surface area contributed by atoms with Gasteiger partial charge in [-0.3, -0.25) is 9.59 Å². The van der Waals surface area contributed by atoms with Crippen molar-refractivity contribution in [1.82, 2.24) is 10.2 Å². The molecular weight excluding hydrogens is 324 g/mol. The van der Waals surface area contributed by atoms with E-state index in [1.165, 1.54) is 51.4 Å². The van der Waals surface area contributed by atoms with Crippen LogP contribution in [0, 0.1) is 0 Å². The van der Waals surface area contributed by atoms with Crippen LogP contribution in [-0.2, 0) is 9.59 Å². The van der Waals surface area contributed by atoms with E-state index in [0.717, 1.165) is 51.6 Å². The molecule has 0 spiro atoms. The number of rotatable bonds is 14. The minimum absolute atomic E-state index is 0.0672. The third-order valence-corrected chi connectivity index (χ3v) is 5.45. The average Bonchev–Trinajstić information content (AvgIpc) is 2.66. The second kappa shape index (κ2) is 15.0. The summed E-state index contributed by atoms with van der Waals surface area (Å²) in [6, 6.07) is -0.230.